The van der Waals surface area contributed by atoms with E-state index in [1.54, 1.807) is 18.2 Å². The second-order valence-electron chi connectivity index (χ2n) is 7.18. The van der Waals surface area contributed by atoms with Crippen LogP contribution in [-0.4, -0.2) is 37.1 Å². The number of aryl methyl sites for hydroxylation is 1. The summed E-state index contributed by atoms with van der Waals surface area (Å²) in [5.74, 6) is 0.794. The number of carbonyl (C=O) groups excluding carboxylic acids is 1. The predicted octanol–water partition coefficient (Wildman–Crippen LogP) is 5.18. The van der Waals surface area contributed by atoms with Gasteiger partial charge in [0.2, 0.25) is 5.91 Å². The molecular weight excluding hydrogens is 443 g/mol. The molecule has 30 heavy (non-hydrogen) atoms. The summed E-state index contributed by atoms with van der Waals surface area (Å²) in [5, 5.41) is 8.72. The molecule has 0 atom stereocenters. The lowest BCUT2D eigenvalue weighted by Crippen LogP contribution is -2.43. The molecule has 4 rings (SSSR count). The number of piperazine rings is 1. The molecule has 2 N–H and O–H groups in total. The molecule has 2 heterocycles. The zero-order valence-electron chi connectivity index (χ0n) is 16.2. The Bertz CT molecular complexity index is 1080. The summed E-state index contributed by atoms with van der Waals surface area (Å²) < 4.78 is 0. The van der Waals surface area contributed by atoms with Gasteiger partial charge in [-0.05, 0) is 48.4 Å². The molecule has 1 saturated heterocycles. The van der Waals surface area contributed by atoms with Crippen molar-refractivity contribution in [1.82, 2.24) is 10.3 Å². The van der Waals surface area contributed by atoms with Crippen LogP contribution in [0, 0.1) is 0 Å². The number of aromatic nitrogens is 1. The van der Waals surface area contributed by atoms with Crippen molar-refractivity contribution >= 4 is 63.1 Å². The van der Waals surface area contributed by atoms with E-state index in [1.165, 1.54) is 0 Å². The smallest absolute Gasteiger partial charge is 0.224 e. The van der Waals surface area contributed by atoms with Gasteiger partial charge in [0.05, 0.1) is 16.2 Å². The Morgan fingerprint density at radius 2 is 1.83 bits per heavy atom. The molecule has 5 nitrogen and oxygen atoms in total. The molecule has 156 valence electrons. The van der Waals surface area contributed by atoms with E-state index in [-0.39, 0.29) is 12.3 Å². The number of pyridine rings is 1. The van der Waals surface area contributed by atoms with Gasteiger partial charge >= 0.3 is 0 Å². The Morgan fingerprint density at radius 3 is 2.60 bits per heavy atom. The molecule has 0 spiro atoms. The van der Waals surface area contributed by atoms with E-state index in [0.717, 1.165) is 48.5 Å². The van der Waals surface area contributed by atoms with Crippen molar-refractivity contribution in [3.63, 3.8) is 0 Å². The minimum Gasteiger partial charge on any atom is -0.354 e. The first kappa shape index (κ1) is 21.2. The fourth-order valence-corrected chi connectivity index (χ4v) is 4.25. The number of nitrogens with zero attached hydrogens (tertiary/aromatic N) is 2. The fourth-order valence-electron chi connectivity index (χ4n) is 3.54. The minimum atomic E-state index is -0.137. The van der Waals surface area contributed by atoms with Crippen LogP contribution < -0.4 is 15.5 Å². The highest BCUT2D eigenvalue weighted by Crippen LogP contribution is 2.32. The Balaban J connectivity index is 1.51. The molecular formula is C22H21Cl3N4O. The van der Waals surface area contributed by atoms with Crippen molar-refractivity contribution in [3.8, 4) is 0 Å². The molecule has 0 bridgehead atoms. The quantitative estimate of drug-likeness (QED) is 0.548. The van der Waals surface area contributed by atoms with Gasteiger partial charge in [-0.1, -0.05) is 40.9 Å². The number of halogens is 3. The second kappa shape index (κ2) is 9.40. The van der Waals surface area contributed by atoms with E-state index in [9.17, 15) is 4.79 Å². The standard InChI is InChI=1S/C22H21Cl3N4O/c23-15-3-1-14(18(25)13-15)2-8-21(30)28-22-16-4-7-20(29-11-9-26-10-12-29)27-19(16)6-5-17(22)24/h1,3-7,13,26H,2,8-12H2,(H,28,30). The Hall–Kier alpha value is -2.05. The van der Waals surface area contributed by atoms with Crippen LogP contribution in [0.2, 0.25) is 15.1 Å². The summed E-state index contributed by atoms with van der Waals surface area (Å²) in [6.45, 7) is 3.73. The largest absolute Gasteiger partial charge is 0.354 e. The highest BCUT2D eigenvalue weighted by molar-refractivity contribution is 6.36. The van der Waals surface area contributed by atoms with E-state index in [1.807, 2.05) is 24.3 Å². The van der Waals surface area contributed by atoms with Crippen LogP contribution in [0.3, 0.4) is 0 Å². The number of rotatable bonds is 5. The maximum Gasteiger partial charge on any atom is 0.224 e. The summed E-state index contributed by atoms with van der Waals surface area (Å²) in [7, 11) is 0. The van der Waals surface area contributed by atoms with E-state index in [0.29, 0.717) is 27.2 Å². The topological polar surface area (TPSA) is 57.3 Å². The lowest BCUT2D eigenvalue weighted by atomic mass is 10.1. The first-order chi connectivity index (χ1) is 14.5. The average Bonchev–Trinajstić information content (AvgIpc) is 2.75. The molecule has 1 aliphatic heterocycles. The van der Waals surface area contributed by atoms with E-state index in [4.69, 9.17) is 39.8 Å². The van der Waals surface area contributed by atoms with Crippen LogP contribution >= 0.6 is 34.8 Å². The van der Waals surface area contributed by atoms with Crippen molar-refractivity contribution in [1.29, 1.82) is 0 Å². The van der Waals surface area contributed by atoms with Crippen molar-refractivity contribution in [2.45, 2.75) is 12.8 Å². The molecule has 1 aliphatic rings. The number of hydrogen-bond acceptors (Lipinski definition) is 4. The third-order valence-electron chi connectivity index (χ3n) is 5.15. The van der Waals surface area contributed by atoms with Gasteiger partial charge in [-0.2, -0.15) is 0 Å². The molecule has 2 aromatic carbocycles. The average molecular weight is 464 g/mol. The number of hydrogen-bond donors (Lipinski definition) is 2. The normalized spacial score (nSPS) is 14.2. The van der Waals surface area contributed by atoms with Crippen molar-refractivity contribution in [3.05, 3.63) is 63.1 Å². The molecule has 3 aromatic rings. The Kier molecular flexibility index (Phi) is 6.64. The van der Waals surface area contributed by atoms with Crippen molar-refractivity contribution in [2.75, 3.05) is 36.4 Å². The third-order valence-corrected chi connectivity index (χ3v) is 6.05. The molecule has 0 radical (unpaired) electrons. The van der Waals surface area contributed by atoms with Gasteiger partial charge in [0.25, 0.3) is 0 Å². The van der Waals surface area contributed by atoms with E-state index < -0.39 is 0 Å². The van der Waals surface area contributed by atoms with Crippen LogP contribution in [0.25, 0.3) is 10.9 Å². The van der Waals surface area contributed by atoms with Crippen LogP contribution in [0.15, 0.2) is 42.5 Å². The maximum absolute atomic E-state index is 12.6. The van der Waals surface area contributed by atoms with Crippen molar-refractivity contribution in [2.24, 2.45) is 0 Å². The predicted molar refractivity (Wildman–Crippen MR) is 125 cm³/mol. The molecule has 1 fully saturated rings. The van der Waals surface area contributed by atoms with Gasteiger partial charge in [-0.3, -0.25) is 4.79 Å². The lowest BCUT2D eigenvalue weighted by molar-refractivity contribution is -0.116. The summed E-state index contributed by atoms with van der Waals surface area (Å²) in [6, 6.07) is 12.9. The summed E-state index contributed by atoms with van der Waals surface area (Å²) in [5.41, 5.74) is 2.26. The maximum atomic E-state index is 12.6. The number of nitrogens with one attached hydrogen (secondary N) is 2. The number of carbonyl (C=O) groups is 1. The van der Waals surface area contributed by atoms with Crippen LogP contribution in [-0.2, 0) is 11.2 Å². The van der Waals surface area contributed by atoms with Gasteiger partial charge in [-0.15, -0.1) is 0 Å². The van der Waals surface area contributed by atoms with Gasteiger partial charge in [0.15, 0.2) is 0 Å². The van der Waals surface area contributed by atoms with Gasteiger partial charge < -0.3 is 15.5 Å². The monoisotopic (exact) mass is 462 g/mol. The molecule has 8 heteroatoms. The minimum absolute atomic E-state index is 0.137. The summed E-state index contributed by atoms with van der Waals surface area (Å²) in [6.07, 6.45) is 0.788. The Labute approximate surface area is 190 Å². The summed E-state index contributed by atoms with van der Waals surface area (Å²) >= 11 is 18.5. The number of amides is 1. The zero-order chi connectivity index (χ0) is 21.1. The highest BCUT2D eigenvalue weighted by Gasteiger charge is 2.15. The van der Waals surface area contributed by atoms with Crippen LogP contribution in [0.5, 0.6) is 0 Å². The van der Waals surface area contributed by atoms with Gasteiger partial charge in [0, 0.05) is 48.0 Å². The lowest BCUT2D eigenvalue weighted by Gasteiger charge is -2.28. The van der Waals surface area contributed by atoms with Crippen molar-refractivity contribution < 1.29 is 4.79 Å². The van der Waals surface area contributed by atoms with Crippen LogP contribution in [0.1, 0.15) is 12.0 Å². The first-order valence-corrected chi connectivity index (χ1v) is 10.9. The SMILES string of the molecule is O=C(CCc1ccc(Cl)cc1Cl)Nc1c(Cl)ccc2nc(N3CCNCC3)ccc12. The third kappa shape index (κ3) is 4.81. The van der Waals surface area contributed by atoms with E-state index in [2.05, 4.69) is 15.5 Å². The van der Waals surface area contributed by atoms with Gasteiger partial charge in [0.1, 0.15) is 5.82 Å². The van der Waals surface area contributed by atoms with Gasteiger partial charge in [-0.25, -0.2) is 4.98 Å². The fraction of sp³-hybridized carbons (Fsp3) is 0.273. The number of benzene rings is 2. The number of anilines is 2. The first-order valence-electron chi connectivity index (χ1n) is 9.80. The second-order valence-corrected chi connectivity index (χ2v) is 8.43. The zero-order valence-corrected chi connectivity index (χ0v) is 18.5. The highest BCUT2D eigenvalue weighted by atomic mass is 35.5. The number of fused-ring (bicyclic) bond motifs is 1. The molecule has 1 aromatic heterocycles. The molecule has 0 saturated carbocycles. The molecule has 0 unspecified atom stereocenters. The van der Waals surface area contributed by atoms with E-state index >= 15 is 0 Å². The Morgan fingerprint density at radius 1 is 1.03 bits per heavy atom. The molecule has 0 aliphatic carbocycles. The molecule has 1 amide bonds. The summed E-state index contributed by atoms with van der Waals surface area (Å²) in [4.78, 5) is 19.6. The van der Waals surface area contributed by atoms with Crippen LogP contribution in [0.4, 0.5) is 11.5 Å².